The minimum absolute atomic E-state index is 0.0955. The van der Waals surface area contributed by atoms with Crippen LogP contribution in [0.5, 0.6) is 0 Å². The molecule has 0 aliphatic carbocycles. The van der Waals surface area contributed by atoms with Gasteiger partial charge in [0, 0.05) is 26.1 Å². The Morgan fingerprint density at radius 2 is 1.52 bits per heavy atom. The first-order valence-corrected chi connectivity index (χ1v) is 10.6. The van der Waals surface area contributed by atoms with Gasteiger partial charge in [0.1, 0.15) is 0 Å². The number of likely N-dealkylation sites (tertiary alicyclic amines) is 1. The zero-order chi connectivity index (χ0) is 19.6. The third-order valence-corrected chi connectivity index (χ3v) is 6.00. The van der Waals surface area contributed by atoms with E-state index in [0.717, 1.165) is 31.6 Å². The molecule has 2 aliphatic heterocycles. The molecule has 1 atom stereocenters. The van der Waals surface area contributed by atoms with Crippen LogP contribution < -0.4 is 4.90 Å². The lowest BCUT2D eigenvalue weighted by molar-refractivity contribution is -0.135. The predicted molar refractivity (Wildman–Crippen MR) is 110 cm³/mol. The van der Waals surface area contributed by atoms with Crippen molar-refractivity contribution in [2.24, 2.45) is 5.92 Å². The van der Waals surface area contributed by atoms with Crippen LogP contribution in [-0.2, 0) is 9.59 Å². The molecule has 0 spiro atoms. The van der Waals surface area contributed by atoms with Gasteiger partial charge in [-0.2, -0.15) is 0 Å². The van der Waals surface area contributed by atoms with Crippen LogP contribution in [-0.4, -0.2) is 36.3 Å². The first kappa shape index (κ1) is 19.9. The molecule has 4 heteroatoms. The van der Waals surface area contributed by atoms with E-state index in [0.29, 0.717) is 24.8 Å². The van der Waals surface area contributed by atoms with Crippen LogP contribution in [0.4, 0.5) is 5.69 Å². The van der Waals surface area contributed by atoms with Gasteiger partial charge < -0.3 is 9.80 Å². The van der Waals surface area contributed by atoms with Gasteiger partial charge in [-0.05, 0) is 35.8 Å². The number of carbonyl (C=O) groups excluding carboxylic acids is 2. The molecule has 1 aromatic carbocycles. The molecule has 0 saturated carbocycles. The molecule has 2 saturated heterocycles. The molecule has 1 aromatic rings. The molecule has 2 heterocycles. The maximum Gasteiger partial charge on any atom is 0.228 e. The van der Waals surface area contributed by atoms with Gasteiger partial charge in [-0.1, -0.05) is 58.7 Å². The Balaban J connectivity index is 1.86. The molecule has 0 radical (unpaired) electrons. The summed E-state index contributed by atoms with van der Waals surface area (Å²) >= 11 is 0. The molecule has 2 aliphatic rings. The summed E-state index contributed by atoms with van der Waals surface area (Å²) in [5.41, 5.74) is 3.47. The Hall–Kier alpha value is -1.84. The van der Waals surface area contributed by atoms with Gasteiger partial charge in [0.25, 0.3) is 0 Å². The predicted octanol–water partition coefficient (Wildman–Crippen LogP) is 4.69. The van der Waals surface area contributed by atoms with Gasteiger partial charge in [0.15, 0.2) is 0 Å². The fourth-order valence-electron chi connectivity index (χ4n) is 4.46. The highest BCUT2D eigenvalue weighted by atomic mass is 16.2. The number of amides is 2. The van der Waals surface area contributed by atoms with Gasteiger partial charge in [-0.15, -0.1) is 0 Å². The number of para-hydroxylation sites is 1. The number of benzene rings is 1. The van der Waals surface area contributed by atoms with Gasteiger partial charge >= 0.3 is 0 Å². The smallest absolute Gasteiger partial charge is 0.228 e. The molecule has 148 valence electrons. The van der Waals surface area contributed by atoms with Crippen LogP contribution in [0.1, 0.15) is 82.8 Å². The minimum Gasteiger partial charge on any atom is -0.342 e. The highest BCUT2D eigenvalue weighted by Crippen LogP contribution is 2.38. The van der Waals surface area contributed by atoms with Crippen molar-refractivity contribution in [2.75, 3.05) is 24.5 Å². The lowest BCUT2D eigenvalue weighted by Gasteiger charge is -2.28. The Labute approximate surface area is 163 Å². The van der Waals surface area contributed by atoms with Crippen molar-refractivity contribution >= 4 is 17.5 Å². The van der Waals surface area contributed by atoms with E-state index in [4.69, 9.17) is 0 Å². The average molecular weight is 371 g/mol. The number of rotatable bonds is 4. The molecule has 4 nitrogen and oxygen atoms in total. The first-order chi connectivity index (χ1) is 12.9. The van der Waals surface area contributed by atoms with Crippen molar-refractivity contribution in [1.29, 1.82) is 0 Å². The van der Waals surface area contributed by atoms with Crippen molar-refractivity contribution < 1.29 is 9.59 Å². The van der Waals surface area contributed by atoms with E-state index in [1.165, 1.54) is 24.0 Å². The Bertz CT molecular complexity index is 661. The van der Waals surface area contributed by atoms with E-state index in [2.05, 4.69) is 45.9 Å². The second kappa shape index (κ2) is 8.45. The minimum atomic E-state index is -0.198. The molecule has 0 bridgehead atoms. The topological polar surface area (TPSA) is 40.6 Å². The second-order valence-electron chi connectivity index (χ2n) is 8.74. The largest absolute Gasteiger partial charge is 0.342 e. The number of hydrogen-bond donors (Lipinski definition) is 0. The monoisotopic (exact) mass is 370 g/mol. The van der Waals surface area contributed by atoms with Gasteiger partial charge in [0.2, 0.25) is 11.8 Å². The van der Waals surface area contributed by atoms with Crippen molar-refractivity contribution in [1.82, 2.24) is 4.90 Å². The zero-order valence-corrected chi connectivity index (χ0v) is 17.3. The van der Waals surface area contributed by atoms with Gasteiger partial charge in [0.05, 0.1) is 11.6 Å². The number of carbonyl (C=O) groups is 2. The summed E-state index contributed by atoms with van der Waals surface area (Å²) in [7, 11) is 0. The molecule has 27 heavy (non-hydrogen) atoms. The average Bonchev–Trinajstić information content (AvgIpc) is 2.84. The van der Waals surface area contributed by atoms with E-state index < -0.39 is 0 Å². The van der Waals surface area contributed by atoms with Crippen LogP contribution in [0.15, 0.2) is 18.2 Å². The maximum atomic E-state index is 13.1. The Morgan fingerprint density at radius 1 is 0.963 bits per heavy atom. The fourth-order valence-corrected chi connectivity index (χ4v) is 4.46. The molecule has 2 fully saturated rings. The molecule has 1 unspecified atom stereocenters. The lowest BCUT2D eigenvalue weighted by atomic mass is 9.92. The third-order valence-electron chi connectivity index (χ3n) is 6.00. The molecule has 0 N–H and O–H groups in total. The van der Waals surface area contributed by atoms with Crippen molar-refractivity contribution in [2.45, 2.75) is 71.6 Å². The van der Waals surface area contributed by atoms with E-state index in [1.807, 2.05) is 9.80 Å². The van der Waals surface area contributed by atoms with Crippen LogP contribution in [0.2, 0.25) is 0 Å². The third kappa shape index (κ3) is 4.20. The first-order valence-electron chi connectivity index (χ1n) is 10.6. The summed E-state index contributed by atoms with van der Waals surface area (Å²) in [6.07, 6.45) is 4.94. The van der Waals surface area contributed by atoms with E-state index in [1.54, 1.807) is 0 Å². The summed E-state index contributed by atoms with van der Waals surface area (Å²) in [5.74, 6) is 0.758. The lowest BCUT2D eigenvalue weighted by Crippen LogP contribution is -2.38. The summed E-state index contributed by atoms with van der Waals surface area (Å²) in [5, 5.41) is 0. The summed E-state index contributed by atoms with van der Waals surface area (Å²) in [6, 6.07) is 6.35. The molecule has 0 aromatic heterocycles. The van der Waals surface area contributed by atoms with Gasteiger partial charge in [-0.3, -0.25) is 9.59 Å². The quantitative estimate of drug-likeness (QED) is 0.771. The SMILES string of the molecule is CC(C)c1cccc(C(C)C)c1N1CC(C(=O)N2CCCCCC2)CC1=O. The van der Waals surface area contributed by atoms with Crippen molar-refractivity contribution in [3.05, 3.63) is 29.3 Å². The van der Waals surface area contributed by atoms with Crippen molar-refractivity contribution in [3.8, 4) is 0 Å². The van der Waals surface area contributed by atoms with Crippen LogP contribution in [0, 0.1) is 5.92 Å². The normalized spacial score (nSPS) is 21.3. The number of nitrogens with zero attached hydrogens (tertiary/aromatic N) is 2. The van der Waals surface area contributed by atoms with E-state index in [9.17, 15) is 9.59 Å². The number of anilines is 1. The maximum absolute atomic E-state index is 13.1. The van der Waals surface area contributed by atoms with Crippen LogP contribution >= 0.6 is 0 Å². The highest BCUT2D eigenvalue weighted by Gasteiger charge is 2.39. The van der Waals surface area contributed by atoms with E-state index >= 15 is 0 Å². The molecule has 3 rings (SSSR count). The second-order valence-corrected chi connectivity index (χ2v) is 8.74. The van der Waals surface area contributed by atoms with E-state index in [-0.39, 0.29) is 17.7 Å². The highest BCUT2D eigenvalue weighted by molar-refractivity contribution is 6.01. The summed E-state index contributed by atoms with van der Waals surface area (Å²) in [6.45, 7) is 10.9. The van der Waals surface area contributed by atoms with Crippen LogP contribution in [0.25, 0.3) is 0 Å². The fraction of sp³-hybridized carbons (Fsp3) is 0.652. The zero-order valence-electron chi connectivity index (χ0n) is 17.3. The van der Waals surface area contributed by atoms with Crippen molar-refractivity contribution in [3.63, 3.8) is 0 Å². The van der Waals surface area contributed by atoms with Gasteiger partial charge in [-0.25, -0.2) is 0 Å². The van der Waals surface area contributed by atoms with Crippen LogP contribution in [0.3, 0.4) is 0 Å². The Kier molecular flexibility index (Phi) is 6.23. The Morgan fingerprint density at radius 3 is 2.04 bits per heavy atom. The molecular formula is C23H34N2O2. The standard InChI is InChI=1S/C23H34N2O2/c1-16(2)19-10-9-11-20(17(3)4)22(19)25-15-18(14-21(25)26)23(27)24-12-7-5-6-8-13-24/h9-11,16-18H,5-8,12-15H2,1-4H3. The summed E-state index contributed by atoms with van der Waals surface area (Å²) in [4.78, 5) is 29.9. The molecule has 2 amide bonds. The molecular weight excluding hydrogens is 336 g/mol. The number of hydrogen-bond acceptors (Lipinski definition) is 2. The summed E-state index contributed by atoms with van der Waals surface area (Å²) < 4.78 is 0.